The van der Waals surface area contributed by atoms with Crippen LogP contribution in [0.5, 0.6) is 0 Å². The van der Waals surface area contributed by atoms with Crippen LogP contribution in [0.3, 0.4) is 0 Å². The van der Waals surface area contributed by atoms with E-state index in [9.17, 15) is 0 Å². The van der Waals surface area contributed by atoms with Crippen LogP contribution in [-0.4, -0.2) is 15.5 Å². The molecule has 0 unspecified atom stereocenters. The Labute approximate surface area is 103 Å². The summed E-state index contributed by atoms with van der Waals surface area (Å²) in [6.07, 6.45) is 0. The third kappa shape index (κ3) is 5.12. The standard InChI is InChI=1S/C12H27P.BrH/c1-10(2,3)13(11(4,5)6)12(7,8)9;/h1-9H3;1H. The second kappa shape index (κ2) is 4.83. The molecule has 0 spiro atoms. The number of rotatable bonds is 0. The number of halogens is 1. The van der Waals surface area contributed by atoms with E-state index >= 15 is 0 Å². The van der Waals surface area contributed by atoms with Crippen LogP contribution in [0.1, 0.15) is 62.3 Å². The zero-order valence-electron chi connectivity index (χ0n) is 11.4. The molecule has 0 fully saturated rings. The molecule has 0 heterocycles. The lowest BCUT2D eigenvalue weighted by molar-refractivity contribution is 0.644. The van der Waals surface area contributed by atoms with Crippen LogP contribution in [0.25, 0.3) is 0 Å². The van der Waals surface area contributed by atoms with Crippen LogP contribution in [0, 0.1) is 0 Å². The van der Waals surface area contributed by atoms with Gasteiger partial charge in [0.05, 0.1) is 0 Å². The van der Waals surface area contributed by atoms with Crippen molar-refractivity contribution in [2.75, 3.05) is 0 Å². The first-order valence-electron chi connectivity index (χ1n) is 5.17. The van der Waals surface area contributed by atoms with Gasteiger partial charge in [0.1, 0.15) is 0 Å². The summed E-state index contributed by atoms with van der Waals surface area (Å²) >= 11 is 0. The molecular weight excluding hydrogens is 255 g/mol. The molecule has 0 aromatic carbocycles. The lowest BCUT2D eigenvalue weighted by atomic mass is 10.2. The Balaban J connectivity index is 0. The molecular formula is C12H28BrP. The molecule has 0 bridgehead atoms. The van der Waals surface area contributed by atoms with E-state index in [4.69, 9.17) is 0 Å². The summed E-state index contributed by atoms with van der Waals surface area (Å²) in [4.78, 5) is 0. The van der Waals surface area contributed by atoms with Crippen molar-refractivity contribution in [3.63, 3.8) is 0 Å². The minimum atomic E-state index is 0. The molecule has 0 nitrogen and oxygen atoms in total. The predicted molar refractivity (Wildman–Crippen MR) is 76.5 cm³/mol. The molecule has 0 aliphatic heterocycles. The fourth-order valence-corrected chi connectivity index (χ4v) is 9.06. The highest BCUT2D eigenvalue weighted by Gasteiger charge is 2.41. The van der Waals surface area contributed by atoms with E-state index in [1.54, 1.807) is 0 Å². The van der Waals surface area contributed by atoms with Crippen molar-refractivity contribution in [3.05, 3.63) is 0 Å². The SMILES string of the molecule is Br.CC(C)(C)P(C(C)(C)C)C(C)(C)C. The Hall–Kier alpha value is 0.910. The van der Waals surface area contributed by atoms with Gasteiger partial charge in [0.2, 0.25) is 0 Å². The zero-order valence-corrected chi connectivity index (χ0v) is 14.0. The Morgan fingerprint density at radius 2 is 0.643 bits per heavy atom. The van der Waals surface area contributed by atoms with Crippen molar-refractivity contribution >= 4 is 24.9 Å². The molecule has 0 aromatic rings. The van der Waals surface area contributed by atoms with E-state index in [1.165, 1.54) is 0 Å². The van der Waals surface area contributed by atoms with E-state index in [2.05, 4.69) is 62.3 Å². The van der Waals surface area contributed by atoms with E-state index in [0.29, 0.717) is 15.5 Å². The first-order chi connectivity index (χ1) is 5.37. The van der Waals surface area contributed by atoms with Crippen LogP contribution >= 0.6 is 24.9 Å². The molecule has 0 saturated heterocycles. The molecule has 0 radical (unpaired) electrons. The van der Waals surface area contributed by atoms with E-state index in [0.717, 1.165) is 0 Å². The molecule has 0 amide bonds. The maximum absolute atomic E-state index is 2.38. The molecule has 88 valence electrons. The Morgan fingerprint density at radius 1 is 0.500 bits per heavy atom. The summed E-state index contributed by atoms with van der Waals surface area (Å²) in [5.41, 5.74) is 0. The van der Waals surface area contributed by atoms with E-state index < -0.39 is 0 Å². The Kier molecular flexibility index (Phi) is 5.97. The van der Waals surface area contributed by atoms with Crippen LogP contribution < -0.4 is 0 Å². The van der Waals surface area contributed by atoms with Crippen LogP contribution in [-0.2, 0) is 0 Å². The van der Waals surface area contributed by atoms with Gasteiger partial charge in [-0.1, -0.05) is 70.2 Å². The smallest absolute Gasteiger partial charge is 0.0170 e. The zero-order chi connectivity index (χ0) is 11.1. The molecule has 0 N–H and O–H groups in total. The largest absolute Gasteiger partial charge is 0.114 e. The van der Waals surface area contributed by atoms with E-state index in [1.807, 2.05) is 0 Å². The van der Waals surface area contributed by atoms with E-state index in [-0.39, 0.29) is 24.9 Å². The van der Waals surface area contributed by atoms with Gasteiger partial charge in [-0.2, -0.15) is 0 Å². The van der Waals surface area contributed by atoms with Crippen molar-refractivity contribution in [3.8, 4) is 0 Å². The van der Waals surface area contributed by atoms with Gasteiger partial charge in [-0.3, -0.25) is 0 Å². The second-order valence-corrected chi connectivity index (χ2v) is 11.5. The maximum atomic E-state index is 2.38. The summed E-state index contributed by atoms with van der Waals surface area (Å²) in [6.45, 7) is 21.5. The summed E-state index contributed by atoms with van der Waals surface area (Å²) in [5, 5.41) is 1.35. The summed E-state index contributed by atoms with van der Waals surface area (Å²) < 4.78 is 0. The number of hydrogen-bond acceptors (Lipinski definition) is 0. The van der Waals surface area contributed by atoms with Crippen molar-refractivity contribution < 1.29 is 0 Å². The second-order valence-electron chi connectivity index (χ2n) is 6.85. The lowest BCUT2D eigenvalue weighted by Crippen LogP contribution is -2.34. The quantitative estimate of drug-likeness (QED) is 0.519. The average molecular weight is 283 g/mol. The lowest BCUT2D eigenvalue weighted by Gasteiger charge is -2.49. The first kappa shape index (κ1) is 17.3. The Bertz CT molecular complexity index is 133. The molecule has 0 aliphatic rings. The van der Waals surface area contributed by atoms with Crippen LogP contribution in [0.15, 0.2) is 0 Å². The van der Waals surface area contributed by atoms with Gasteiger partial charge in [0, 0.05) is 0 Å². The molecule has 0 saturated carbocycles. The molecule has 0 rings (SSSR count). The highest BCUT2D eigenvalue weighted by atomic mass is 79.9. The van der Waals surface area contributed by atoms with Crippen LogP contribution in [0.4, 0.5) is 0 Å². The van der Waals surface area contributed by atoms with Gasteiger partial charge in [-0.25, -0.2) is 0 Å². The first-order valence-corrected chi connectivity index (χ1v) is 6.51. The Morgan fingerprint density at radius 3 is 0.643 bits per heavy atom. The topological polar surface area (TPSA) is 0 Å². The molecule has 0 atom stereocenters. The third-order valence-corrected chi connectivity index (χ3v) is 6.04. The summed E-state index contributed by atoms with van der Waals surface area (Å²) in [6, 6.07) is 0. The average Bonchev–Trinajstić information content (AvgIpc) is 1.44. The summed E-state index contributed by atoms with van der Waals surface area (Å²) in [5.74, 6) is 0. The predicted octanol–water partition coefficient (Wildman–Crippen LogP) is 5.44. The highest BCUT2D eigenvalue weighted by Crippen LogP contribution is 2.66. The maximum Gasteiger partial charge on any atom is -0.0170 e. The van der Waals surface area contributed by atoms with Gasteiger partial charge >= 0.3 is 0 Å². The van der Waals surface area contributed by atoms with Crippen molar-refractivity contribution in [1.29, 1.82) is 0 Å². The minimum absolute atomic E-state index is 0. The third-order valence-electron chi connectivity index (χ3n) is 2.01. The minimum Gasteiger partial charge on any atom is -0.114 e. The normalized spacial score (nSPS) is 14.1. The van der Waals surface area contributed by atoms with Gasteiger partial charge in [0.15, 0.2) is 0 Å². The van der Waals surface area contributed by atoms with Crippen molar-refractivity contribution in [2.45, 2.75) is 77.8 Å². The monoisotopic (exact) mass is 282 g/mol. The van der Waals surface area contributed by atoms with Crippen molar-refractivity contribution in [1.82, 2.24) is 0 Å². The van der Waals surface area contributed by atoms with Gasteiger partial charge in [-0.05, 0) is 15.5 Å². The van der Waals surface area contributed by atoms with Crippen LogP contribution in [0.2, 0.25) is 0 Å². The van der Waals surface area contributed by atoms with Gasteiger partial charge in [0.25, 0.3) is 0 Å². The molecule has 0 aromatic heterocycles. The fourth-order valence-electron chi connectivity index (χ4n) is 3.02. The number of hydrogen-bond donors (Lipinski definition) is 0. The molecule has 2 heteroatoms. The highest BCUT2D eigenvalue weighted by molar-refractivity contribution is 8.93. The molecule has 14 heavy (non-hydrogen) atoms. The fraction of sp³-hybridized carbons (Fsp3) is 1.00. The summed E-state index contributed by atoms with van der Waals surface area (Å²) in [7, 11) is 0.0162. The molecule has 0 aliphatic carbocycles. The van der Waals surface area contributed by atoms with Gasteiger partial charge < -0.3 is 0 Å². The van der Waals surface area contributed by atoms with Gasteiger partial charge in [-0.15, -0.1) is 17.0 Å². The van der Waals surface area contributed by atoms with Crippen molar-refractivity contribution in [2.24, 2.45) is 0 Å².